The zero-order chi connectivity index (χ0) is 12.3. The highest BCUT2D eigenvalue weighted by Crippen LogP contribution is 2.27. The SMILES string of the molecule is CC1CCCCC1Oc1ccc([C@H](C)N)nc1. The molecule has 0 bridgehead atoms. The van der Waals surface area contributed by atoms with Crippen molar-refractivity contribution in [3.63, 3.8) is 0 Å². The molecule has 0 aliphatic heterocycles. The van der Waals surface area contributed by atoms with E-state index in [1.165, 1.54) is 19.3 Å². The summed E-state index contributed by atoms with van der Waals surface area (Å²) in [7, 11) is 0. The zero-order valence-electron chi connectivity index (χ0n) is 10.7. The molecule has 2 N–H and O–H groups in total. The van der Waals surface area contributed by atoms with Gasteiger partial charge in [0.15, 0.2) is 0 Å². The third-order valence-electron chi connectivity index (χ3n) is 3.55. The first-order valence-corrected chi connectivity index (χ1v) is 6.55. The third kappa shape index (κ3) is 3.19. The Labute approximate surface area is 103 Å². The Balaban J connectivity index is 1.98. The van der Waals surface area contributed by atoms with E-state index < -0.39 is 0 Å². The number of nitrogens with zero attached hydrogens (tertiary/aromatic N) is 1. The van der Waals surface area contributed by atoms with Crippen LogP contribution in [0.1, 0.15) is 51.3 Å². The number of ether oxygens (including phenoxy) is 1. The monoisotopic (exact) mass is 234 g/mol. The fourth-order valence-corrected chi connectivity index (χ4v) is 2.36. The first-order chi connectivity index (χ1) is 8.16. The van der Waals surface area contributed by atoms with Crippen molar-refractivity contribution in [3.8, 4) is 5.75 Å². The van der Waals surface area contributed by atoms with Gasteiger partial charge in [-0.3, -0.25) is 4.98 Å². The average Bonchev–Trinajstić information content (AvgIpc) is 2.33. The highest BCUT2D eigenvalue weighted by Gasteiger charge is 2.22. The highest BCUT2D eigenvalue weighted by molar-refractivity contribution is 5.21. The van der Waals surface area contributed by atoms with Crippen molar-refractivity contribution in [2.75, 3.05) is 0 Å². The van der Waals surface area contributed by atoms with Gasteiger partial charge in [-0.2, -0.15) is 0 Å². The summed E-state index contributed by atoms with van der Waals surface area (Å²) in [6.45, 7) is 4.21. The maximum atomic E-state index is 6.00. The molecule has 1 fully saturated rings. The molecule has 2 rings (SSSR count). The van der Waals surface area contributed by atoms with Gasteiger partial charge in [-0.15, -0.1) is 0 Å². The van der Waals surface area contributed by atoms with Crippen LogP contribution >= 0.6 is 0 Å². The standard InChI is InChI=1S/C14H22N2O/c1-10-5-3-4-6-14(10)17-12-7-8-13(11(2)15)16-9-12/h7-11,14H,3-6,15H2,1-2H3/t10?,11-,14?/m0/s1. The molecule has 0 spiro atoms. The van der Waals surface area contributed by atoms with Gasteiger partial charge >= 0.3 is 0 Å². The van der Waals surface area contributed by atoms with E-state index in [2.05, 4.69) is 11.9 Å². The van der Waals surface area contributed by atoms with Gasteiger partial charge in [-0.1, -0.05) is 13.3 Å². The van der Waals surface area contributed by atoms with Crippen molar-refractivity contribution in [2.24, 2.45) is 11.7 Å². The molecule has 1 saturated carbocycles. The van der Waals surface area contributed by atoms with Gasteiger partial charge in [-0.25, -0.2) is 0 Å². The molecule has 1 aliphatic rings. The summed E-state index contributed by atoms with van der Waals surface area (Å²) in [4.78, 5) is 4.32. The number of nitrogens with two attached hydrogens (primary N) is 1. The molecule has 0 saturated heterocycles. The molecule has 0 amide bonds. The Hall–Kier alpha value is -1.09. The van der Waals surface area contributed by atoms with E-state index >= 15 is 0 Å². The van der Waals surface area contributed by atoms with E-state index in [0.717, 1.165) is 17.9 Å². The highest BCUT2D eigenvalue weighted by atomic mass is 16.5. The van der Waals surface area contributed by atoms with Crippen LogP contribution < -0.4 is 10.5 Å². The molecule has 2 unspecified atom stereocenters. The Morgan fingerprint density at radius 2 is 2.12 bits per heavy atom. The summed E-state index contributed by atoms with van der Waals surface area (Å²) in [6, 6.07) is 3.92. The van der Waals surface area contributed by atoms with Crippen LogP contribution in [0, 0.1) is 5.92 Å². The number of pyridine rings is 1. The minimum Gasteiger partial charge on any atom is -0.489 e. The Kier molecular flexibility index (Phi) is 4.00. The van der Waals surface area contributed by atoms with E-state index in [9.17, 15) is 0 Å². The fourth-order valence-electron chi connectivity index (χ4n) is 2.36. The molecule has 17 heavy (non-hydrogen) atoms. The zero-order valence-corrected chi connectivity index (χ0v) is 10.7. The van der Waals surface area contributed by atoms with Crippen LogP contribution in [0.2, 0.25) is 0 Å². The lowest BCUT2D eigenvalue weighted by Gasteiger charge is -2.29. The van der Waals surface area contributed by atoms with E-state index in [1.807, 2.05) is 19.1 Å². The summed E-state index contributed by atoms with van der Waals surface area (Å²) < 4.78 is 6.00. The number of hydrogen-bond donors (Lipinski definition) is 1. The molecule has 3 nitrogen and oxygen atoms in total. The van der Waals surface area contributed by atoms with Crippen molar-refractivity contribution in [2.45, 2.75) is 51.7 Å². The first kappa shape index (κ1) is 12.4. The average molecular weight is 234 g/mol. The van der Waals surface area contributed by atoms with Gasteiger partial charge in [0, 0.05) is 6.04 Å². The van der Waals surface area contributed by atoms with Crippen molar-refractivity contribution in [1.29, 1.82) is 0 Å². The van der Waals surface area contributed by atoms with Crippen LogP contribution in [-0.2, 0) is 0 Å². The van der Waals surface area contributed by atoms with Gasteiger partial charge in [0.2, 0.25) is 0 Å². The van der Waals surface area contributed by atoms with Gasteiger partial charge in [0.05, 0.1) is 11.9 Å². The van der Waals surface area contributed by atoms with E-state index in [-0.39, 0.29) is 6.04 Å². The van der Waals surface area contributed by atoms with Crippen LogP contribution in [0.4, 0.5) is 0 Å². The minimum atomic E-state index is -0.0161. The largest absolute Gasteiger partial charge is 0.489 e. The molecule has 1 aliphatic carbocycles. The van der Waals surface area contributed by atoms with Crippen LogP contribution in [0.5, 0.6) is 5.75 Å². The number of rotatable bonds is 3. The topological polar surface area (TPSA) is 48.1 Å². The second-order valence-corrected chi connectivity index (χ2v) is 5.13. The normalized spacial score (nSPS) is 26.5. The predicted molar refractivity (Wildman–Crippen MR) is 68.9 cm³/mol. The summed E-state index contributed by atoms with van der Waals surface area (Å²) in [6.07, 6.45) is 7.20. The number of hydrogen-bond acceptors (Lipinski definition) is 3. The van der Waals surface area contributed by atoms with Crippen LogP contribution in [0.15, 0.2) is 18.3 Å². The predicted octanol–water partition coefficient (Wildman–Crippen LogP) is 3.06. The Morgan fingerprint density at radius 3 is 2.71 bits per heavy atom. The summed E-state index contributed by atoms with van der Waals surface area (Å²) in [5.74, 6) is 1.52. The molecule has 3 heteroatoms. The lowest BCUT2D eigenvalue weighted by Crippen LogP contribution is -2.28. The summed E-state index contributed by atoms with van der Waals surface area (Å²) in [5, 5.41) is 0. The van der Waals surface area contributed by atoms with Crippen LogP contribution in [0.3, 0.4) is 0 Å². The molecular formula is C14H22N2O. The lowest BCUT2D eigenvalue weighted by molar-refractivity contribution is 0.102. The van der Waals surface area contributed by atoms with Gasteiger partial charge < -0.3 is 10.5 Å². The molecule has 0 radical (unpaired) electrons. The summed E-state index contributed by atoms with van der Waals surface area (Å²) in [5.41, 5.74) is 6.68. The van der Waals surface area contributed by atoms with E-state index in [0.29, 0.717) is 12.0 Å². The molecule has 0 aromatic carbocycles. The third-order valence-corrected chi connectivity index (χ3v) is 3.55. The van der Waals surface area contributed by atoms with Gasteiger partial charge in [0.25, 0.3) is 0 Å². The van der Waals surface area contributed by atoms with Crippen molar-refractivity contribution in [3.05, 3.63) is 24.0 Å². The molecule has 1 aromatic heterocycles. The van der Waals surface area contributed by atoms with Crippen LogP contribution in [0.25, 0.3) is 0 Å². The van der Waals surface area contributed by atoms with Crippen LogP contribution in [-0.4, -0.2) is 11.1 Å². The molecule has 1 heterocycles. The summed E-state index contributed by atoms with van der Waals surface area (Å²) >= 11 is 0. The minimum absolute atomic E-state index is 0.0161. The Bertz CT molecular complexity index is 348. The second kappa shape index (κ2) is 5.50. The smallest absolute Gasteiger partial charge is 0.138 e. The maximum Gasteiger partial charge on any atom is 0.138 e. The molecule has 94 valence electrons. The van der Waals surface area contributed by atoms with E-state index in [4.69, 9.17) is 10.5 Å². The fraction of sp³-hybridized carbons (Fsp3) is 0.643. The number of aromatic nitrogens is 1. The van der Waals surface area contributed by atoms with Gasteiger partial charge in [-0.05, 0) is 44.2 Å². The van der Waals surface area contributed by atoms with Crippen molar-refractivity contribution < 1.29 is 4.74 Å². The second-order valence-electron chi connectivity index (χ2n) is 5.13. The molecule has 3 atom stereocenters. The maximum absolute atomic E-state index is 6.00. The van der Waals surface area contributed by atoms with Crippen molar-refractivity contribution >= 4 is 0 Å². The molecule has 1 aromatic rings. The first-order valence-electron chi connectivity index (χ1n) is 6.55. The quantitative estimate of drug-likeness (QED) is 0.874. The van der Waals surface area contributed by atoms with E-state index in [1.54, 1.807) is 6.20 Å². The lowest BCUT2D eigenvalue weighted by atomic mass is 9.88. The van der Waals surface area contributed by atoms with Crippen molar-refractivity contribution in [1.82, 2.24) is 4.98 Å². The van der Waals surface area contributed by atoms with Gasteiger partial charge in [0.1, 0.15) is 11.9 Å². The Morgan fingerprint density at radius 1 is 1.35 bits per heavy atom. The molecular weight excluding hydrogens is 212 g/mol.